The lowest BCUT2D eigenvalue weighted by Crippen LogP contribution is -2.30. The van der Waals surface area contributed by atoms with E-state index in [2.05, 4.69) is 30.2 Å². The molecule has 3 heterocycles. The zero-order chi connectivity index (χ0) is 29.2. The van der Waals surface area contributed by atoms with Gasteiger partial charge in [0.1, 0.15) is 18.8 Å². The summed E-state index contributed by atoms with van der Waals surface area (Å²) in [6, 6.07) is 0. The van der Waals surface area contributed by atoms with Crippen molar-refractivity contribution in [2.75, 3.05) is 32.0 Å². The highest BCUT2D eigenvalue weighted by atomic mass is 16.5. The SMILES string of the molecule is CC.CN(CCCC(=O)O)C[C@@H]1CC[C@H](n2cnc3c(NC(=O)CCCCCN=CCCCC=O)ncnc32)O1. The fourth-order valence-corrected chi connectivity index (χ4v) is 4.45. The molecule has 0 bridgehead atoms. The number of anilines is 1. The molecule has 12 nitrogen and oxygen atoms in total. The van der Waals surface area contributed by atoms with E-state index < -0.39 is 5.97 Å². The van der Waals surface area contributed by atoms with E-state index in [0.29, 0.717) is 42.8 Å². The number of likely N-dealkylation sites (N-methyl/N-ethyl adjacent to an activating group) is 1. The molecule has 2 N–H and O–H groups in total. The van der Waals surface area contributed by atoms with E-state index in [4.69, 9.17) is 9.84 Å². The van der Waals surface area contributed by atoms with Crippen molar-refractivity contribution in [1.29, 1.82) is 0 Å². The van der Waals surface area contributed by atoms with Gasteiger partial charge in [-0.05, 0) is 64.8 Å². The smallest absolute Gasteiger partial charge is 0.303 e. The zero-order valence-electron chi connectivity index (χ0n) is 24.1. The van der Waals surface area contributed by atoms with Crippen molar-refractivity contribution >= 4 is 41.4 Å². The molecular weight excluding hydrogens is 514 g/mol. The molecule has 1 aliphatic heterocycles. The van der Waals surface area contributed by atoms with Crippen molar-refractivity contribution in [2.24, 2.45) is 4.99 Å². The number of carbonyl (C=O) groups excluding carboxylic acids is 2. The van der Waals surface area contributed by atoms with E-state index in [0.717, 1.165) is 64.3 Å². The summed E-state index contributed by atoms with van der Waals surface area (Å²) in [6.07, 6.45) is 13.4. The fourth-order valence-electron chi connectivity index (χ4n) is 4.45. The first-order valence-corrected chi connectivity index (χ1v) is 14.4. The van der Waals surface area contributed by atoms with Gasteiger partial charge in [-0.3, -0.25) is 19.1 Å². The number of imidazole rings is 1. The maximum Gasteiger partial charge on any atom is 0.303 e. The molecule has 0 radical (unpaired) electrons. The van der Waals surface area contributed by atoms with Crippen LogP contribution in [0.2, 0.25) is 0 Å². The number of carboxylic acid groups (broad SMARTS) is 1. The molecular formula is C28H45N7O5. The molecule has 1 saturated heterocycles. The van der Waals surface area contributed by atoms with Gasteiger partial charge in [0.2, 0.25) is 5.91 Å². The molecule has 40 heavy (non-hydrogen) atoms. The number of aliphatic carboxylic acids is 1. The molecule has 0 unspecified atom stereocenters. The van der Waals surface area contributed by atoms with Gasteiger partial charge in [-0.2, -0.15) is 0 Å². The molecule has 222 valence electrons. The predicted molar refractivity (Wildman–Crippen MR) is 155 cm³/mol. The molecule has 12 heteroatoms. The number of nitrogens with zero attached hydrogens (tertiary/aromatic N) is 6. The number of hydrogen-bond acceptors (Lipinski definition) is 9. The Kier molecular flexibility index (Phi) is 15.6. The van der Waals surface area contributed by atoms with Crippen LogP contribution in [0.5, 0.6) is 0 Å². The lowest BCUT2D eigenvalue weighted by molar-refractivity contribution is -0.137. The third kappa shape index (κ3) is 11.5. The number of nitrogens with one attached hydrogen (secondary N) is 1. The van der Waals surface area contributed by atoms with Crippen molar-refractivity contribution in [1.82, 2.24) is 24.4 Å². The van der Waals surface area contributed by atoms with Gasteiger partial charge < -0.3 is 24.9 Å². The van der Waals surface area contributed by atoms with Crippen molar-refractivity contribution < 1.29 is 24.2 Å². The van der Waals surface area contributed by atoms with E-state index in [1.54, 1.807) is 6.33 Å². The van der Waals surface area contributed by atoms with Gasteiger partial charge in [0.15, 0.2) is 17.0 Å². The third-order valence-corrected chi connectivity index (χ3v) is 6.43. The summed E-state index contributed by atoms with van der Waals surface area (Å²) < 4.78 is 8.13. The number of unbranched alkanes of at least 4 members (excludes halogenated alkanes) is 4. The highest BCUT2D eigenvalue weighted by Gasteiger charge is 2.29. The van der Waals surface area contributed by atoms with E-state index in [1.807, 2.05) is 31.7 Å². The van der Waals surface area contributed by atoms with Crippen LogP contribution >= 0.6 is 0 Å². The normalized spacial score (nSPS) is 16.8. The van der Waals surface area contributed by atoms with Crippen LogP contribution in [0, 0.1) is 0 Å². The highest BCUT2D eigenvalue weighted by Crippen LogP contribution is 2.31. The predicted octanol–water partition coefficient (Wildman–Crippen LogP) is 4.27. The van der Waals surface area contributed by atoms with Crippen LogP contribution < -0.4 is 5.32 Å². The molecule has 1 aliphatic rings. The molecule has 1 amide bonds. The second-order valence-electron chi connectivity index (χ2n) is 9.64. The van der Waals surface area contributed by atoms with Gasteiger partial charge in [-0.25, -0.2) is 15.0 Å². The molecule has 1 fully saturated rings. The molecule has 0 aromatic carbocycles. The Labute approximate surface area is 236 Å². The summed E-state index contributed by atoms with van der Waals surface area (Å²) >= 11 is 0. The number of carbonyl (C=O) groups is 3. The quantitative estimate of drug-likeness (QED) is 0.155. The van der Waals surface area contributed by atoms with Gasteiger partial charge in [0.25, 0.3) is 0 Å². The van der Waals surface area contributed by atoms with E-state index in [9.17, 15) is 14.4 Å². The average molecular weight is 560 g/mol. The van der Waals surface area contributed by atoms with Crippen molar-refractivity contribution in [3.05, 3.63) is 12.7 Å². The Hall–Kier alpha value is -3.25. The van der Waals surface area contributed by atoms with Gasteiger partial charge in [0.05, 0.1) is 12.4 Å². The Morgan fingerprint density at radius 2 is 1.95 bits per heavy atom. The van der Waals surface area contributed by atoms with Crippen LogP contribution in [0.15, 0.2) is 17.6 Å². The number of aldehydes is 1. The Bertz CT molecular complexity index is 1070. The maximum absolute atomic E-state index is 12.5. The Balaban J connectivity index is 0.00000274. The number of hydrogen-bond donors (Lipinski definition) is 2. The van der Waals surface area contributed by atoms with Crippen LogP contribution in [0.4, 0.5) is 5.82 Å². The summed E-state index contributed by atoms with van der Waals surface area (Å²) in [6.45, 7) is 6.17. The van der Waals surface area contributed by atoms with Gasteiger partial charge in [0, 0.05) is 32.4 Å². The van der Waals surface area contributed by atoms with Gasteiger partial charge in [-0.15, -0.1) is 0 Å². The topological polar surface area (TPSA) is 152 Å². The number of aliphatic imine (C=N–C) groups is 1. The number of ether oxygens (including phenoxy) is 1. The number of amides is 1. The highest BCUT2D eigenvalue weighted by molar-refractivity contribution is 5.96. The average Bonchev–Trinajstić information content (AvgIpc) is 3.58. The first-order valence-electron chi connectivity index (χ1n) is 14.4. The van der Waals surface area contributed by atoms with Gasteiger partial charge in [-0.1, -0.05) is 20.3 Å². The van der Waals surface area contributed by atoms with E-state index in [1.165, 1.54) is 6.33 Å². The lowest BCUT2D eigenvalue weighted by Gasteiger charge is -2.21. The van der Waals surface area contributed by atoms with E-state index >= 15 is 0 Å². The minimum atomic E-state index is -0.777. The summed E-state index contributed by atoms with van der Waals surface area (Å²) in [4.78, 5) is 53.0. The fraction of sp³-hybridized carbons (Fsp3) is 0.679. The third-order valence-electron chi connectivity index (χ3n) is 6.43. The summed E-state index contributed by atoms with van der Waals surface area (Å²) in [5.41, 5.74) is 1.14. The Morgan fingerprint density at radius 3 is 2.73 bits per heavy atom. The van der Waals surface area contributed by atoms with Crippen molar-refractivity contribution in [2.45, 2.75) is 96.8 Å². The van der Waals surface area contributed by atoms with Crippen LogP contribution in [0.25, 0.3) is 11.2 Å². The van der Waals surface area contributed by atoms with Crippen LogP contribution in [-0.2, 0) is 19.1 Å². The number of aromatic nitrogens is 4. The molecule has 0 spiro atoms. The molecule has 0 aliphatic carbocycles. The minimum absolute atomic E-state index is 0.0430. The second kappa shape index (κ2) is 18.9. The standard InChI is InChI=1S/C26H39N7O5.C2H6/c1-32(15-8-10-23(36)37)17-20-11-12-22(38-20)33-19-30-24-25(28-18-29-26(24)33)31-21(35)9-4-2-5-13-27-14-6-3-7-16-34;1-2/h14,16,18-20,22H,2-13,15,17H2,1H3,(H,36,37)(H,28,29,31,35);1-2H3/t20-,22+;/m0./s1. The largest absolute Gasteiger partial charge is 0.481 e. The van der Waals surface area contributed by atoms with Gasteiger partial charge >= 0.3 is 5.97 Å². The number of rotatable bonds is 18. The Morgan fingerprint density at radius 1 is 1.12 bits per heavy atom. The maximum atomic E-state index is 12.5. The summed E-state index contributed by atoms with van der Waals surface area (Å²) in [5.74, 6) is -0.493. The van der Waals surface area contributed by atoms with Crippen LogP contribution in [-0.4, -0.2) is 86.7 Å². The first kappa shape index (κ1) is 33.0. The monoisotopic (exact) mass is 559 g/mol. The molecule has 2 atom stereocenters. The van der Waals surface area contributed by atoms with Crippen LogP contribution in [0.3, 0.4) is 0 Å². The first-order chi connectivity index (χ1) is 19.5. The molecule has 3 rings (SSSR count). The second-order valence-corrected chi connectivity index (χ2v) is 9.64. The zero-order valence-corrected chi connectivity index (χ0v) is 24.1. The van der Waals surface area contributed by atoms with Crippen molar-refractivity contribution in [3.63, 3.8) is 0 Å². The molecule has 0 saturated carbocycles. The van der Waals surface area contributed by atoms with Crippen LogP contribution in [0.1, 0.15) is 90.7 Å². The lowest BCUT2D eigenvalue weighted by atomic mass is 10.2. The van der Waals surface area contributed by atoms with Crippen molar-refractivity contribution in [3.8, 4) is 0 Å². The number of fused-ring (bicyclic) bond motifs is 1. The van der Waals surface area contributed by atoms with E-state index in [-0.39, 0.29) is 24.7 Å². The number of carboxylic acids is 1. The molecule has 2 aromatic heterocycles. The molecule has 2 aromatic rings. The summed E-state index contributed by atoms with van der Waals surface area (Å²) in [7, 11) is 1.97. The minimum Gasteiger partial charge on any atom is -0.481 e. The summed E-state index contributed by atoms with van der Waals surface area (Å²) in [5, 5.41) is 11.7.